The first-order valence-corrected chi connectivity index (χ1v) is 12.8. The van der Waals surface area contributed by atoms with Crippen LogP contribution in [0.3, 0.4) is 0 Å². The molecule has 0 atom stereocenters. The van der Waals surface area contributed by atoms with E-state index in [0.29, 0.717) is 0 Å². The molecule has 0 fully saturated rings. The van der Waals surface area contributed by atoms with Crippen molar-refractivity contribution in [3.8, 4) is 28.1 Å². The van der Waals surface area contributed by atoms with Crippen LogP contribution in [0, 0.1) is 0 Å². The van der Waals surface area contributed by atoms with Crippen LogP contribution in [0.15, 0.2) is 138 Å². The van der Waals surface area contributed by atoms with Gasteiger partial charge in [0.15, 0.2) is 5.58 Å². The number of furan rings is 1. The molecule has 0 N–H and O–H groups in total. The Morgan fingerprint density at radius 2 is 1.16 bits per heavy atom. The molecule has 0 amide bonds. The van der Waals surface area contributed by atoms with Gasteiger partial charge in [0, 0.05) is 33.0 Å². The van der Waals surface area contributed by atoms with E-state index in [9.17, 15) is 0 Å². The number of aromatic nitrogens is 2. The molecule has 0 spiro atoms. The van der Waals surface area contributed by atoms with Gasteiger partial charge < -0.3 is 8.98 Å². The Kier molecular flexibility index (Phi) is 4.52. The highest BCUT2D eigenvalue weighted by Gasteiger charge is 2.17. The van der Waals surface area contributed by atoms with E-state index in [1.54, 1.807) is 0 Å². The Labute approximate surface area is 219 Å². The van der Waals surface area contributed by atoms with Crippen molar-refractivity contribution in [2.24, 2.45) is 0 Å². The van der Waals surface area contributed by atoms with Gasteiger partial charge in [-0.25, -0.2) is 4.98 Å². The van der Waals surface area contributed by atoms with E-state index in [0.717, 1.165) is 50.1 Å². The fraction of sp³-hybridized carbons (Fsp3) is 0. The third kappa shape index (κ3) is 3.12. The lowest BCUT2D eigenvalue weighted by molar-refractivity contribution is 0.669. The number of nitrogens with zero attached hydrogens (tertiary/aromatic N) is 2. The van der Waals surface area contributed by atoms with Crippen LogP contribution in [0.5, 0.6) is 0 Å². The van der Waals surface area contributed by atoms with E-state index >= 15 is 0 Å². The molecule has 0 bridgehead atoms. The molecule has 0 aliphatic rings. The van der Waals surface area contributed by atoms with Gasteiger partial charge in [0.2, 0.25) is 0 Å². The molecule has 8 aromatic rings. The molecule has 0 saturated carbocycles. The minimum atomic E-state index is 0.819. The van der Waals surface area contributed by atoms with Crippen molar-refractivity contribution in [2.45, 2.75) is 0 Å². The Morgan fingerprint density at radius 1 is 0.526 bits per heavy atom. The molecule has 8 rings (SSSR count). The molecular formula is C35H22N2O. The van der Waals surface area contributed by atoms with Crippen LogP contribution in [0.2, 0.25) is 0 Å². The van der Waals surface area contributed by atoms with Crippen molar-refractivity contribution in [1.82, 2.24) is 9.55 Å². The topological polar surface area (TPSA) is 31.0 Å². The normalized spacial score (nSPS) is 11.7. The summed E-state index contributed by atoms with van der Waals surface area (Å²) in [6, 6.07) is 46.6. The fourth-order valence-corrected chi connectivity index (χ4v) is 5.67. The average Bonchev–Trinajstić information content (AvgIpc) is 3.53. The molecule has 178 valence electrons. The minimum absolute atomic E-state index is 0.819. The quantitative estimate of drug-likeness (QED) is 0.249. The van der Waals surface area contributed by atoms with Crippen molar-refractivity contribution in [3.63, 3.8) is 0 Å². The zero-order valence-corrected chi connectivity index (χ0v) is 20.5. The zero-order chi connectivity index (χ0) is 25.1. The molecule has 0 radical (unpaired) electrons. The second kappa shape index (κ2) is 8.19. The summed E-state index contributed by atoms with van der Waals surface area (Å²) < 4.78 is 8.69. The van der Waals surface area contributed by atoms with Crippen LogP contribution in [-0.2, 0) is 0 Å². The highest BCUT2D eigenvalue weighted by atomic mass is 16.3. The average molecular weight is 487 g/mol. The first-order chi connectivity index (χ1) is 18.8. The summed E-state index contributed by atoms with van der Waals surface area (Å²) in [6.07, 6.45) is 0. The predicted octanol–water partition coefficient (Wildman–Crippen LogP) is 9.41. The predicted molar refractivity (Wildman–Crippen MR) is 157 cm³/mol. The van der Waals surface area contributed by atoms with Gasteiger partial charge in [-0.2, -0.15) is 0 Å². The molecule has 3 nitrogen and oxygen atoms in total. The number of rotatable bonds is 3. The fourth-order valence-electron chi connectivity index (χ4n) is 5.67. The minimum Gasteiger partial charge on any atom is -0.454 e. The Morgan fingerprint density at radius 3 is 1.92 bits per heavy atom. The van der Waals surface area contributed by atoms with Crippen LogP contribution in [0.25, 0.3) is 71.9 Å². The summed E-state index contributed by atoms with van der Waals surface area (Å²) in [7, 11) is 0. The number of fused-ring (bicyclic) bond motifs is 6. The maximum Gasteiger partial charge on any atom is 0.161 e. The summed E-state index contributed by atoms with van der Waals surface area (Å²) in [4.78, 5) is 5.16. The molecular weight excluding hydrogens is 464 g/mol. The largest absolute Gasteiger partial charge is 0.454 e. The van der Waals surface area contributed by atoms with E-state index in [1.165, 1.54) is 21.8 Å². The maximum absolute atomic E-state index is 6.34. The molecule has 5 aromatic carbocycles. The Balaban J connectivity index is 1.39. The summed E-state index contributed by atoms with van der Waals surface area (Å²) in [5, 5.41) is 3.54. The van der Waals surface area contributed by atoms with Crippen LogP contribution < -0.4 is 0 Å². The van der Waals surface area contributed by atoms with Gasteiger partial charge in [-0.3, -0.25) is 0 Å². The van der Waals surface area contributed by atoms with E-state index in [1.807, 2.05) is 24.3 Å². The summed E-state index contributed by atoms with van der Waals surface area (Å²) in [5.41, 5.74) is 10.2. The Hall–Kier alpha value is -5.15. The Bertz CT molecular complexity index is 2080. The molecule has 38 heavy (non-hydrogen) atoms. The van der Waals surface area contributed by atoms with Gasteiger partial charge in [-0.05, 0) is 48.0 Å². The maximum atomic E-state index is 6.34. The summed E-state index contributed by atoms with van der Waals surface area (Å²) in [6.45, 7) is 0. The third-order valence-corrected chi connectivity index (χ3v) is 7.39. The lowest BCUT2D eigenvalue weighted by Crippen LogP contribution is -1.95. The number of benzene rings is 5. The van der Waals surface area contributed by atoms with Crippen LogP contribution in [-0.4, -0.2) is 9.55 Å². The van der Waals surface area contributed by atoms with E-state index < -0.39 is 0 Å². The van der Waals surface area contributed by atoms with Gasteiger partial charge in [-0.1, -0.05) is 91.0 Å². The summed E-state index contributed by atoms with van der Waals surface area (Å²) >= 11 is 0. The van der Waals surface area contributed by atoms with E-state index in [4.69, 9.17) is 9.40 Å². The van der Waals surface area contributed by atoms with E-state index in [2.05, 4.69) is 114 Å². The number of para-hydroxylation sites is 3. The highest BCUT2D eigenvalue weighted by molar-refractivity contribution is 6.10. The first kappa shape index (κ1) is 21.0. The van der Waals surface area contributed by atoms with Gasteiger partial charge in [0.05, 0.1) is 16.7 Å². The van der Waals surface area contributed by atoms with Crippen molar-refractivity contribution >= 4 is 43.9 Å². The highest BCUT2D eigenvalue weighted by Crippen LogP contribution is 2.38. The standard InChI is InChI=1S/C35H22N2O/c1-2-11-23(12-3-1)29-22-30(36-34-28-17-6-9-20-33(28)38-35(29)34)24-13-10-14-25(21-24)37-31-18-7-4-15-26(31)27-16-5-8-19-32(27)37/h1-22H. The van der Waals surface area contributed by atoms with Crippen LogP contribution in [0.4, 0.5) is 0 Å². The van der Waals surface area contributed by atoms with Crippen LogP contribution in [0.1, 0.15) is 0 Å². The van der Waals surface area contributed by atoms with Gasteiger partial charge in [0.1, 0.15) is 11.1 Å². The second-order valence-electron chi connectivity index (χ2n) is 9.62. The summed E-state index contributed by atoms with van der Waals surface area (Å²) in [5.74, 6) is 0. The van der Waals surface area contributed by atoms with Crippen molar-refractivity contribution < 1.29 is 4.42 Å². The molecule has 0 aliphatic carbocycles. The SMILES string of the molecule is c1ccc(-c2cc(-c3cccc(-n4c5ccccc5c5ccccc54)c3)nc3c2oc2ccccc23)cc1. The number of hydrogen-bond donors (Lipinski definition) is 0. The first-order valence-electron chi connectivity index (χ1n) is 12.8. The number of pyridine rings is 1. The van der Waals surface area contributed by atoms with Crippen molar-refractivity contribution in [1.29, 1.82) is 0 Å². The van der Waals surface area contributed by atoms with E-state index in [-0.39, 0.29) is 0 Å². The number of hydrogen-bond acceptors (Lipinski definition) is 2. The van der Waals surface area contributed by atoms with Gasteiger partial charge in [0.25, 0.3) is 0 Å². The molecule has 0 unspecified atom stereocenters. The molecule has 3 heteroatoms. The van der Waals surface area contributed by atoms with Gasteiger partial charge in [-0.15, -0.1) is 0 Å². The molecule has 3 heterocycles. The van der Waals surface area contributed by atoms with Crippen molar-refractivity contribution in [2.75, 3.05) is 0 Å². The monoisotopic (exact) mass is 486 g/mol. The van der Waals surface area contributed by atoms with Crippen LogP contribution >= 0.6 is 0 Å². The lowest BCUT2D eigenvalue weighted by Gasteiger charge is -2.11. The second-order valence-corrected chi connectivity index (χ2v) is 9.62. The molecule has 0 aliphatic heterocycles. The van der Waals surface area contributed by atoms with Gasteiger partial charge >= 0.3 is 0 Å². The zero-order valence-electron chi connectivity index (χ0n) is 20.5. The smallest absolute Gasteiger partial charge is 0.161 e. The molecule has 0 saturated heterocycles. The lowest BCUT2D eigenvalue weighted by atomic mass is 10.0. The third-order valence-electron chi connectivity index (χ3n) is 7.39. The molecule has 3 aromatic heterocycles. The van der Waals surface area contributed by atoms with Crippen molar-refractivity contribution in [3.05, 3.63) is 133 Å².